The Morgan fingerprint density at radius 2 is 2.21 bits per heavy atom. The van der Waals surface area contributed by atoms with Gasteiger partial charge in [-0.25, -0.2) is 4.79 Å². The maximum absolute atomic E-state index is 11.0. The Labute approximate surface area is 110 Å². The highest BCUT2D eigenvalue weighted by Gasteiger charge is 2.26. The van der Waals surface area contributed by atoms with Gasteiger partial charge in [-0.1, -0.05) is 24.3 Å². The number of hydrogen-bond acceptors (Lipinski definition) is 3. The second-order valence-corrected chi connectivity index (χ2v) is 4.59. The van der Waals surface area contributed by atoms with Gasteiger partial charge in [0.25, 0.3) is 0 Å². The van der Waals surface area contributed by atoms with Crippen LogP contribution in [0.15, 0.2) is 42.7 Å². The summed E-state index contributed by atoms with van der Waals surface area (Å²) in [7, 11) is 0. The average Bonchev–Trinajstić information content (AvgIpc) is 2.40. The van der Waals surface area contributed by atoms with Crippen LogP contribution in [0.1, 0.15) is 27.4 Å². The first-order valence-corrected chi connectivity index (χ1v) is 6.13. The van der Waals surface area contributed by atoms with E-state index in [2.05, 4.69) is 17.1 Å². The average molecular weight is 255 g/mol. The molecule has 0 radical (unpaired) electrons. The van der Waals surface area contributed by atoms with E-state index in [1.807, 2.05) is 12.1 Å². The topological polar surface area (TPSA) is 59.4 Å². The van der Waals surface area contributed by atoms with E-state index in [0.29, 0.717) is 18.3 Å². The lowest BCUT2D eigenvalue weighted by Gasteiger charge is -2.29. The highest BCUT2D eigenvalue weighted by molar-refractivity contribution is 5.90. The van der Waals surface area contributed by atoms with Crippen molar-refractivity contribution in [1.29, 1.82) is 0 Å². The van der Waals surface area contributed by atoms with Crippen molar-refractivity contribution in [3.63, 3.8) is 0 Å². The van der Waals surface area contributed by atoms with E-state index in [-0.39, 0.29) is 5.56 Å². The molecule has 0 bridgehead atoms. The Bertz CT molecular complexity index is 624. The molecule has 1 heterocycles. The van der Waals surface area contributed by atoms with Gasteiger partial charge in [0.15, 0.2) is 5.75 Å². The number of nitrogens with zero attached hydrogens (tertiary/aromatic N) is 1. The van der Waals surface area contributed by atoms with Gasteiger partial charge in [-0.2, -0.15) is 0 Å². The molecule has 19 heavy (non-hydrogen) atoms. The molecule has 0 saturated heterocycles. The van der Waals surface area contributed by atoms with Crippen molar-refractivity contribution in [2.24, 2.45) is 0 Å². The quantitative estimate of drug-likeness (QED) is 0.911. The van der Waals surface area contributed by atoms with Crippen LogP contribution >= 0.6 is 0 Å². The molecule has 4 nitrogen and oxygen atoms in total. The number of rotatable bonds is 4. The number of benzene rings is 1. The van der Waals surface area contributed by atoms with Crippen LogP contribution < -0.4 is 4.74 Å². The Kier molecular flexibility index (Phi) is 2.91. The largest absolute Gasteiger partial charge is 0.490 e. The van der Waals surface area contributed by atoms with E-state index in [0.717, 1.165) is 6.42 Å². The van der Waals surface area contributed by atoms with Crippen molar-refractivity contribution in [1.82, 2.24) is 4.98 Å². The zero-order valence-corrected chi connectivity index (χ0v) is 10.2. The summed E-state index contributed by atoms with van der Waals surface area (Å²) in [6.07, 6.45) is 3.89. The van der Waals surface area contributed by atoms with Crippen LogP contribution in [0.4, 0.5) is 0 Å². The number of carbonyl (C=O) groups is 1. The highest BCUT2D eigenvalue weighted by atomic mass is 16.5. The zero-order valence-electron chi connectivity index (χ0n) is 10.2. The molecule has 0 saturated carbocycles. The van der Waals surface area contributed by atoms with Gasteiger partial charge < -0.3 is 9.84 Å². The summed E-state index contributed by atoms with van der Waals surface area (Å²) in [5.74, 6) is -0.316. The van der Waals surface area contributed by atoms with Gasteiger partial charge in [0.05, 0.1) is 12.8 Å². The number of ether oxygens (including phenoxy) is 1. The van der Waals surface area contributed by atoms with Crippen molar-refractivity contribution in [3.05, 3.63) is 59.4 Å². The summed E-state index contributed by atoms with van der Waals surface area (Å²) in [5.41, 5.74) is 2.80. The van der Waals surface area contributed by atoms with Gasteiger partial charge in [-0.15, -0.1) is 0 Å². The molecule has 1 aromatic heterocycles. The van der Waals surface area contributed by atoms with E-state index >= 15 is 0 Å². The number of carboxylic acids is 1. The van der Waals surface area contributed by atoms with E-state index < -0.39 is 5.97 Å². The Hall–Kier alpha value is -2.36. The van der Waals surface area contributed by atoms with Crippen molar-refractivity contribution in [2.75, 3.05) is 6.61 Å². The van der Waals surface area contributed by atoms with Gasteiger partial charge in [-0.05, 0) is 23.6 Å². The van der Waals surface area contributed by atoms with E-state index in [9.17, 15) is 4.79 Å². The normalized spacial score (nSPS) is 16.3. The second kappa shape index (κ2) is 4.72. The van der Waals surface area contributed by atoms with Crippen LogP contribution in [0.3, 0.4) is 0 Å². The van der Waals surface area contributed by atoms with E-state index in [1.165, 1.54) is 29.6 Å². The third kappa shape index (κ3) is 2.17. The number of hydrogen-bond donors (Lipinski definition) is 1. The molecule has 0 amide bonds. The molecule has 1 N–H and O–H groups in total. The number of fused-ring (bicyclic) bond motifs is 1. The molecule has 2 aromatic rings. The predicted octanol–water partition coefficient (Wildman–Crippen LogP) is 2.50. The zero-order chi connectivity index (χ0) is 13.2. The van der Waals surface area contributed by atoms with Crippen LogP contribution in [-0.2, 0) is 6.42 Å². The highest BCUT2D eigenvalue weighted by Crippen LogP contribution is 2.35. The smallest absolute Gasteiger partial charge is 0.339 e. The summed E-state index contributed by atoms with van der Waals surface area (Å²) in [6, 6.07) is 9.69. The Morgan fingerprint density at radius 1 is 1.37 bits per heavy atom. The van der Waals surface area contributed by atoms with Gasteiger partial charge in [0, 0.05) is 12.1 Å². The molecule has 1 aliphatic rings. The maximum Gasteiger partial charge on any atom is 0.339 e. The molecular formula is C15H13NO3. The van der Waals surface area contributed by atoms with Gasteiger partial charge >= 0.3 is 5.97 Å². The lowest BCUT2D eigenvalue weighted by atomic mass is 9.78. The van der Waals surface area contributed by atoms with Crippen LogP contribution in [0, 0.1) is 0 Å². The number of pyridine rings is 1. The molecule has 1 aromatic carbocycles. The minimum atomic E-state index is -0.994. The fraction of sp³-hybridized carbons (Fsp3) is 0.200. The van der Waals surface area contributed by atoms with Crippen molar-refractivity contribution in [2.45, 2.75) is 12.3 Å². The Morgan fingerprint density at radius 3 is 3.00 bits per heavy atom. The van der Waals surface area contributed by atoms with Gasteiger partial charge in [0.1, 0.15) is 5.56 Å². The molecule has 1 unspecified atom stereocenters. The maximum atomic E-state index is 11.0. The first-order chi connectivity index (χ1) is 9.25. The molecule has 1 aliphatic carbocycles. The summed E-state index contributed by atoms with van der Waals surface area (Å²) in [4.78, 5) is 14.9. The van der Waals surface area contributed by atoms with E-state index in [1.54, 1.807) is 0 Å². The number of aromatic carboxylic acids is 1. The molecule has 96 valence electrons. The fourth-order valence-corrected chi connectivity index (χ4v) is 2.37. The summed E-state index contributed by atoms with van der Waals surface area (Å²) in [5, 5.41) is 9.05. The predicted molar refractivity (Wildman–Crippen MR) is 69.6 cm³/mol. The van der Waals surface area contributed by atoms with Crippen molar-refractivity contribution in [3.8, 4) is 5.75 Å². The van der Waals surface area contributed by atoms with Gasteiger partial charge in [0.2, 0.25) is 0 Å². The third-order valence-corrected chi connectivity index (χ3v) is 3.42. The molecular weight excluding hydrogens is 242 g/mol. The number of carboxylic acid groups (broad SMARTS) is 1. The minimum Gasteiger partial charge on any atom is -0.490 e. The van der Waals surface area contributed by atoms with Crippen molar-refractivity contribution >= 4 is 5.97 Å². The van der Waals surface area contributed by atoms with Crippen LogP contribution in [0.5, 0.6) is 5.75 Å². The monoisotopic (exact) mass is 255 g/mol. The molecule has 1 atom stereocenters. The first kappa shape index (κ1) is 11.7. The lowest BCUT2D eigenvalue weighted by Crippen LogP contribution is -2.23. The van der Waals surface area contributed by atoms with Crippen LogP contribution in [0.25, 0.3) is 0 Å². The van der Waals surface area contributed by atoms with Crippen molar-refractivity contribution < 1.29 is 14.6 Å². The fourth-order valence-electron chi connectivity index (χ4n) is 2.37. The van der Waals surface area contributed by atoms with Crippen LogP contribution in [0.2, 0.25) is 0 Å². The molecule has 0 aliphatic heterocycles. The first-order valence-electron chi connectivity index (χ1n) is 6.13. The Balaban J connectivity index is 1.70. The minimum absolute atomic E-state index is 0.155. The lowest BCUT2D eigenvalue weighted by molar-refractivity contribution is 0.0691. The second-order valence-electron chi connectivity index (χ2n) is 4.59. The molecule has 0 fully saturated rings. The summed E-state index contributed by atoms with van der Waals surface area (Å²) in [6.45, 7) is 0.489. The molecule has 0 spiro atoms. The summed E-state index contributed by atoms with van der Waals surface area (Å²) < 4.78 is 5.62. The van der Waals surface area contributed by atoms with E-state index in [4.69, 9.17) is 9.84 Å². The molecule has 4 heteroatoms. The number of aromatic nitrogens is 1. The van der Waals surface area contributed by atoms with Crippen LogP contribution in [-0.4, -0.2) is 22.7 Å². The van der Waals surface area contributed by atoms with Gasteiger partial charge in [-0.3, -0.25) is 4.98 Å². The SMILES string of the molecule is O=C(O)c1ccncc1OCC1Cc2ccccc21. The standard InChI is InChI=1S/C15H13NO3/c17-15(18)13-5-6-16-8-14(13)19-9-11-7-10-3-1-2-4-12(10)11/h1-6,8,11H,7,9H2,(H,17,18). The molecule has 3 rings (SSSR count). The third-order valence-electron chi connectivity index (χ3n) is 3.42. The summed E-state index contributed by atoms with van der Waals surface area (Å²) >= 11 is 0.